The van der Waals surface area contributed by atoms with Gasteiger partial charge in [0.25, 0.3) is 0 Å². The molecule has 1 aliphatic carbocycles. The van der Waals surface area contributed by atoms with Crippen LogP contribution in [-0.4, -0.2) is 25.2 Å². The maximum Gasteiger partial charge on any atom is 0.141 e. The molecule has 2 nitrogen and oxygen atoms in total. The molecule has 1 aliphatic heterocycles. The second-order valence-corrected chi connectivity index (χ2v) is 6.70. The van der Waals surface area contributed by atoms with Gasteiger partial charge >= 0.3 is 0 Å². The lowest BCUT2D eigenvalue weighted by atomic mass is 9.64. The van der Waals surface area contributed by atoms with E-state index in [1.165, 1.54) is 12.0 Å². The summed E-state index contributed by atoms with van der Waals surface area (Å²) < 4.78 is 5.81. The Morgan fingerprint density at radius 1 is 1.37 bits per heavy atom. The molecule has 0 aromatic heterocycles. The summed E-state index contributed by atoms with van der Waals surface area (Å²) in [5.41, 5.74) is 1.70. The molecule has 0 aromatic rings. The molecule has 19 heavy (non-hydrogen) atoms. The summed E-state index contributed by atoms with van der Waals surface area (Å²) in [7, 11) is 2.10. The minimum absolute atomic E-state index is 0.107. The molecule has 1 unspecified atom stereocenters. The first kappa shape index (κ1) is 14.4. The first-order valence-electron chi connectivity index (χ1n) is 7.28. The second kappa shape index (κ2) is 5.16. The molecule has 0 aromatic carbocycles. The van der Waals surface area contributed by atoms with Crippen molar-refractivity contribution in [2.45, 2.75) is 40.5 Å². The quantitative estimate of drug-likeness (QED) is 0.693. The lowest BCUT2D eigenvalue weighted by Crippen LogP contribution is -2.33. The van der Waals surface area contributed by atoms with Crippen LogP contribution in [0.3, 0.4) is 0 Å². The van der Waals surface area contributed by atoms with Gasteiger partial charge in [-0.1, -0.05) is 52.0 Å². The van der Waals surface area contributed by atoms with Crippen LogP contribution < -0.4 is 0 Å². The smallest absolute Gasteiger partial charge is 0.141 e. The molecular weight excluding hydrogens is 234 g/mol. The number of hydrogen-bond donors (Lipinski definition) is 0. The van der Waals surface area contributed by atoms with Gasteiger partial charge in [-0.25, -0.2) is 0 Å². The summed E-state index contributed by atoms with van der Waals surface area (Å²) >= 11 is 0. The van der Waals surface area contributed by atoms with Crippen LogP contribution in [0.4, 0.5) is 0 Å². The van der Waals surface area contributed by atoms with Gasteiger partial charge in [0, 0.05) is 24.0 Å². The Morgan fingerprint density at radius 3 is 2.79 bits per heavy atom. The first-order chi connectivity index (χ1) is 8.88. The minimum Gasteiger partial charge on any atom is -0.482 e. The topological polar surface area (TPSA) is 12.5 Å². The third-order valence-corrected chi connectivity index (χ3v) is 5.00. The van der Waals surface area contributed by atoms with Gasteiger partial charge in [0.1, 0.15) is 12.5 Å². The van der Waals surface area contributed by atoms with E-state index in [4.69, 9.17) is 4.74 Å². The van der Waals surface area contributed by atoms with Crippen LogP contribution in [0.25, 0.3) is 0 Å². The Kier molecular flexibility index (Phi) is 3.91. The maximum absolute atomic E-state index is 5.81. The first-order valence-corrected chi connectivity index (χ1v) is 7.28. The van der Waals surface area contributed by atoms with Crippen LogP contribution in [-0.2, 0) is 4.74 Å². The average molecular weight is 261 g/mol. The van der Waals surface area contributed by atoms with Crippen molar-refractivity contribution in [1.29, 1.82) is 0 Å². The van der Waals surface area contributed by atoms with E-state index in [1.807, 2.05) is 0 Å². The Balaban J connectivity index is 2.33. The average Bonchev–Trinajstić information content (AvgIpc) is 2.36. The van der Waals surface area contributed by atoms with Crippen molar-refractivity contribution in [1.82, 2.24) is 4.90 Å². The Hall–Kier alpha value is -1.02. The highest BCUT2D eigenvalue weighted by Crippen LogP contribution is 2.45. The number of rotatable bonds is 2. The molecule has 0 N–H and O–H groups in total. The number of hydrogen-bond acceptors (Lipinski definition) is 2. The Bertz CT molecular complexity index is 431. The van der Waals surface area contributed by atoms with Crippen LogP contribution in [0.15, 0.2) is 35.6 Å². The monoisotopic (exact) mass is 261 g/mol. The summed E-state index contributed by atoms with van der Waals surface area (Å²) in [6, 6.07) is 0. The molecule has 0 saturated carbocycles. The van der Waals surface area contributed by atoms with Crippen LogP contribution >= 0.6 is 0 Å². The number of nitrogens with zero attached hydrogens (tertiary/aromatic N) is 1. The molecule has 0 fully saturated rings. The lowest BCUT2D eigenvalue weighted by molar-refractivity contribution is 0.0735. The van der Waals surface area contributed by atoms with E-state index >= 15 is 0 Å². The number of ether oxygens (including phenoxy) is 1. The van der Waals surface area contributed by atoms with Gasteiger partial charge in [0.05, 0.1) is 0 Å². The van der Waals surface area contributed by atoms with Gasteiger partial charge in [0.15, 0.2) is 0 Å². The maximum atomic E-state index is 5.81. The van der Waals surface area contributed by atoms with Crippen molar-refractivity contribution in [3.63, 3.8) is 0 Å². The molecule has 2 heteroatoms. The fourth-order valence-corrected chi connectivity index (χ4v) is 2.61. The summed E-state index contributed by atoms with van der Waals surface area (Å²) in [6.45, 7) is 11.0. The van der Waals surface area contributed by atoms with E-state index < -0.39 is 0 Å². The molecule has 1 heterocycles. The van der Waals surface area contributed by atoms with E-state index in [9.17, 15) is 0 Å². The molecule has 2 rings (SSSR count). The summed E-state index contributed by atoms with van der Waals surface area (Å²) in [4.78, 5) is 2.21. The molecular formula is C17H27NO. The summed E-state index contributed by atoms with van der Waals surface area (Å²) in [5, 5.41) is 0. The van der Waals surface area contributed by atoms with Crippen molar-refractivity contribution in [2.24, 2.45) is 10.8 Å². The van der Waals surface area contributed by atoms with Gasteiger partial charge in [-0.05, 0) is 18.9 Å². The molecule has 0 spiro atoms. The molecule has 0 amide bonds. The third-order valence-electron chi connectivity index (χ3n) is 5.00. The second-order valence-electron chi connectivity index (χ2n) is 6.70. The molecule has 0 saturated heterocycles. The largest absolute Gasteiger partial charge is 0.482 e. The van der Waals surface area contributed by atoms with Crippen LogP contribution in [0, 0.1) is 10.8 Å². The zero-order valence-corrected chi connectivity index (χ0v) is 13.0. The predicted octanol–water partition coefficient (Wildman–Crippen LogP) is 4.12. The molecule has 1 atom stereocenters. The zero-order valence-electron chi connectivity index (χ0n) is 13.0. The van der Waals surface area contributed by atoms with Crippen molar-refractivity contribution in [2.75, 3.05) is 20.3 Å². The van der Waals surface area contributed by atoms with Crippen molar-refractivity contribution in [3.8, 4) is 0 Å². The third kappa shape index (κ3) is 2.79. The Labute approximate surface area is 117 Å². The zero-order chi connectivity index (χ0) is 14.1. The van der Waals surface area contributed by atoms with Crippen LogP contribution in [0.1, 0.15) is 40.5 Å². The highest BCUT2D eigenvalue weighted by atomic mass is 16.5. The molecule has 2 aliphatic rings. The van der Waals surface area contributed by atoms with Crippen molar-refractivity contribution >= 4 is 0 Å². The highest BCUT2D eigenvalue weighted by Gasteiger charge is 2.36. The minimum atomic E-state index is 0.107. The predicted molar refractivity (Wildman–Crippen MR) is 80.7 cm³/mol. The number of likely N-dealkylation sites (N-methyl/N-ethyl adjacent to an activating group) is 1. The van der Waals surface area contributed by atoms with Crippen molar-refractivity contribution in [3.05, 3.63) is 35.6 Å². The standard InChI is InChI=1S/C17H27NO/c1-6-16(2,3)17(4)10-7-8-15-14(9-11-17)12-18(5)13-19-15/h7,9-11H,6,8,12-13H2,1-5H3/b10-7-,11-9?. The summed E-state index contributed by atoms with van der Waals surface area (Å²) in [6.07, 6.45) is 11.4. The van der Waals surface area contributed by atoms with Crippen LogP contribution in [0.2, 0.25) is 0 Å². The number of allylic oxidation sites excluding steroid dienone is 3. The van der Waals surface area contributed by atoms with Gasteiger partial charge in [-0.3, -0.25) is 4.90 Å². The van der Waals surface area contributed by atoms with Gasteiger partial charge < -0.3 is 4.74 Å². The van der Waals surface area contributed by atoms with Crippen molar-refractivity contribution < 1.29 is 4.74 Å². The molecule has 0 radical (unpaired) electrons. The van der Waals surface area contributed by atoms with Gasteiger partial charge in [-0.15, -0.1) is 0 Å². The molecule has 0 bridgehead atoms. The summed E-state index contributed by atoms with van der Waals surface area (Å²) in [5.74, 6) is 1.14. The van der Waals surface area contributed by atoms with Gasteiger partial charge in [-0.2, -0.15) is 0 Å². The van der Waals surface area contributed by atoms with E-state index in [2.05, 4.69) is 63.9 Å². The van der Waals surface area contributed by atoms with E-state index in [0.29, 0.717) is 6.73 Å². The van der Waals surface area contributed by atoms with Gasteiger partial charge in [0.2, 0.25) is 0 Å². The Morgan fingerprint density at radius 2 is 2.11 bits per heavy atom. The fourth-order valence-electron chi connectivity index (χ4n) is 2.61. The van der Waals surface area contributed by atoms with Crippen LogP contribution in [0.5, 0.6) is 0 Å². The highest BCUT2D eigenvalue weighted by molar-refractivity contribution is 5.32. The SMILES string of the molecule is CCC(C)(C)C1(C)C=CC2=C(C/C=C\1)OCN(C)C2. The van der Waals surface area contributed by atoms with E-state index in [1.54, 1.807) is 0 Å². The molecule has 106 valence electrons. The fraction of sp³-hybridized carbons (Fsp3) is 0.647. The normalized spacial score (nSPS) is 30.4. The van der Waals surface area contributed by atoms with E-state index in [0.717, 1.165) is 18.7 Å². The lowest BCUT2D eigenvalue weighted by Gasteiger charge is -2.41. The van der Waals surface area contributed by atoms with E-state index in [-0.39, 0.29) is 10.8 Å².